The van der Waals surface area contributed by atoms with Crippen LogP contribution < -0.4 is 4.74 Å². The zero-order valence-electron chi connectivity index (χ0n) is 14.2. The predicted molar refractivity (Wildman–Crippen MR) is 92.8 cm³/mol. The molecule has 2 atom stereocenters. The Morgan fingerprint density at radius 1 is 1.28 bits per heavy atom. The molecule has 1 heterocycles. The molecule has 0 bridgehead atoms. The van der Waals surface area contributed by atoms with Crippen molar-refractivity contribution >= 4 is 5.91 Å². The summed E-state index contributed by atoms with van der Waals surface area (Å²) in [5.41, 5.74) is 1.75. The summed E-state index contributed by atoms with van der Waals surface area (Å²) < 4.78 is 18.7. The van der Waals surface area contributed by atoms with E-state index in [0.29, 0.717) is 19.3 Å². The Hall–Kier alpha value is -2.40. The second-order valence-electron chi connectivity index (χ2n) is 6.36. The number of benzene rings is 2. The highest BCUT2D eigenvalue weighted by atomic mass is 19.1. The van der Waals surface area contributed by atoms with Crippen molar-refractivity contribution in [1.82, 2.24) is 4.90 Å². The Morgan fingerprint density at radius 2 is 2.08 bits per heavy atom. The number of likely N-dealkylation sites (tertiary alicyclic amines) is 1. The number of β-amino-alcohol motifs (C(OH)–C–C–N with tert-alkyl or cyclic N) is 1. The first-order chi connectivity index (χ1) is 12.1. The molecule has 132 valence electrons. The summed E-state index contributed by atoms with van der Waals surface area (Å²) in [5.74, 6) is 0.399. The molecule has 3 rings (SSSR count). The van der Waals surface area contributed by atoms with Crippen molar-refractivity contribution in [2.24, 2.45) is 0 Å². The molecule has 0 aliphatic carbocycles. The number of rotatable bonds is 5. The van der Waals surface area contributed by atoms with Gasteiger partial charge >= 0.3 is 0 Å². The Labute approximate surface area is 146 Å². The average Bonchev–Trinajstić information content (AvgIpc) is 3.02. The van der Waals surface area contributed by atoms with Crippen molar-refractivity contribution in [2.75, 3.05) is 13.7 Å². The maximum Gasteiger partial charge on any atom is 0.223 e. The third-order valence-electron chi connectivity index (χ3n) is 4.59. The second-order valence-corrected chi connectivity index (χ2v) is 6.36. The van der Waals surface area contributed by atoms with Crippen molar-refractivity contribution in [3.63, 3.8) is 0 Å². The molecule has 1 aliphatic rings. The fourth-order valence-electron chi connectivity index (χ4n) is 3.34. The summed E-state index contributed by atoms with van der Waals surface area (Å²) in [4.78, 5) is 14.3. The number of carbonyl (C=O) groups excluding carboxylic acids is 1. The van der Waals surface area contributed by atoms with Crippen LogP contribution >= 0.6 is 0 Å². The highest BCUT2D eigenvalue weighted by Crippen LogP contribution is 2.33. The van der Waals surface area contributed by atoms with Crippen molar-refractivity contribution in [3.8, 4) is 5.75 Å². The van der Waals surface area contributed by atoms with Crippen molar-refractivity contribution < 1.29 is 19.0 Å². The summed E-state index contributed by atoms with van der Waals surface area (Å²) in [5, 5.41) is 10.00. The Kier molecular flexibility index (Phi) is 5.34. The molecular weight excluding hydrogens is 321 g/mol. The number of methoxy groups -OCH3 is 1. The Bertz CT molecular complexity index is 749. The summed E-state index contributed by atoms with van der Waals surface area (Å²) in [7, 11) is 1.61. The number of amides is 1. The zero-order valence-corrected chi connectivity index (χ0v) is 14.2. The first-order valence-corrected chi connectivity index (χ1v) is 8.42. The lowest BCUT2D eigenvalue weighted by atomic mass is 10.0. The van der Waals surface area contributed by atoms with Crippen LogP contribution in [0.1, 0.15) is 30.0 Å². The maximum atomic E-state index is 13.5. The summed E-state index contributed by atoms with van der Waals surface area (Å²) >= 11 is 0. The smallest absolute Gasteiger partial charge is 0.223 e. The van der Waals surface area contributed by atoms with E-state index in [1.807, 2.05) is 24.3 Å². The molecule has 5 heteroatoms. The van der Waals surface area contributed by atoms with Gasteiger partial charge in [0.25, 0.3) is 0 Å². The van der Waals surface area contributed by atoms with Crippen molar-refractivity contribution in [3.05, 3.63) is 65.5 Å². The zero-order chi connectivity index (χ0) is 17.8. The van der Waals surface area contributed by atoms with E-state index in [1.165, 1.54) is 12.1 Å². The van der Waals surface area contributed by atoms with Gasteiger partial charge < -0.3 is 14.7 Å². The number of ether oxygens (including phenoxy) is 1. The Morgan fingerprint density at radius 3 is 2.84 bits per heavy atom. The number of aliphatic hydroxyl groups excluding tert-OH is 1. The minimum atomic E-state index is -0.575. The van der Waals surface area contributed by atoms with Crippen LogP contribution in [0.2, 0.25) is 0 Å². The standard InChI is InChI=1S/C20H22FNO3/c1-25-18-7-2-4-14(10-18)8-9-20(24)22-13-17(23)12-19(22)15-5-3-6-16(21)11-15/h2-7,10-11,17,19,23H,8-9,12-13H2,1H3. The largest absolute Gasteiger partial charge is 0.497 e. The fraction of sp³-hybridized carbons (Fsp3) is 0.350. The number of hydrogen-bond donors (Lipinski definition) is 1. The van der Waals surface area contributed by atoms with Gasteiger partial charge in [0, 0.05) is 13.0 Å². The van der Waals surface area contributed by atoms with Crippen molar-refractivity contribution in [1.29, 1.82) is 0 Å². The van der Waals surface area contributed by atoms with Crippen LogP contribution in [0.15, 0.2) is 48.5 Å². The van der Waals surface area contributed by atoms with Crippen molar-refractivity contribution in [2.45, 2.75) is 31.4 Å². The number of halogens is 1. The fourth-order valence-corrected chi connectivity index (χ4v) is 3.34. The number of nitrogens with zero attached hydrogens (tertiary/aromatic N) is 1. The second kappa shape index (κ2) is 7.66. The van der Waals surface area contributed by atoms with Gasteiger partial charge in [-0.2, -0.15) is 0 Å². The molecule has 1 fully saturated rings. The van der Waals surface area contributed by atoms with Gasteiger partial charge in [-0.05, 0) is 48.2 Å². The van der Waals surface area contributed by atoms with Crippen LogP contribution in [-0.4, -0.2) is 35.7 Å². The van der Waals surface area contributed by atoms with Crippen LogP contribution in [0.5, 0.6) is 5.75 Å². The molecular formula is C20H22FNO3. The van der Waals surface area contributed by atoms with E-state index in [0.717, 1.165) is 16.9 Å². The molecule has 0 saturated carbocycles. The topological polar surface area (TPSA) is 49.8 Å². The van der Waals surface area contributed by atoms with Crippen LogP contribution in [0.3, 0.4) is 0 Å². The molecule has 4 nitrogen and oxygen atoms in total. The SMILES string of the molecule is COc1cccc(CCC(=O)N2CC(O)CC2c2cccc(F)c2)c1. The van der Waals surface area contributed by atoms with Gasteiger partial charge in [-0.15, -0.1) is 0 Å². The number of aliphatic hydroxyl groups is 1. The Balaban J connectivity index is 1.69. The normalized spacial score (nSPS) is 19.9. The molecule has 2 unspecified atom stereocenters. The monoisotopic (exact) mass is 343 g/mol. The van der Waals surface area contributed by atoms with Gasteiger partial charge in [0.1, 0.15) is 11.6 Å². The third-order valence-corrected chi connectivity index (χ3v) is 4.59. The van der Waals surface area contributed by atoms with Gasteiger partial charge in [-0.1, -0.05) is 24.3 Å². The summed E-state index contributed by atoms with van der Waals surface area (Å²) in [6.45, 7) is 0.290. The van der Waals surface area contributed by atoms with Crippen LogP contribution in [-0.2, 0) is 11.2 Å². The number of hydrogen-bond acceptors (Lipinski definition) is 3. The predicted octanol–water partition coefficient (Wildman–Crippen LogP) is 3.10. The molecule has 0 spiro atoms. The average molecular weight is 343 g/mol. The molecule has 1 aliphatic heterocycles. The van der Waals surface area contributed by atoms with Crippen LogP contribution in [0.25, 0.3) is 0 Å². The molecule has 1 N–H and O–H groups in total. The van der Waals surface area contributed by atoms with Crippen LogP contribution in [0, 0.1) is 5.82 Å². The van der Waals surface area contributed by atoms with Gasteiger partial charge in [0.15, 0.2) is 0 Å². The minimum absolute atomic E-state index is 0.0337. The molecule has 0 aromatic heterocycles. The van der Waals surface area contributed by atoms with Gasteiger partial charge in [0.05, 0.1) is 19.3 Å². The summed E-state index contributed by atoms with van der Waals surface area (Å²) in [6.07, 6.45) is 0.799. The lowest BCUT2D eigenvalue weighted by Gasteiger charge is -2.25. The van der Waals surface area contributed by atoms with E-state index < -0.39 is 6.10 Å². The van der Waals surface area contributed by atoms with E-state index in [4.69, 9.17) is 4.74 Å². The van der Waals surface area contributed by atoms with E-state index in [-0.39, 0.29) is 24.3 Å². The number of carbonyl (C=O) groups is 1. The molecule has 2 aromatic rings. The molecule has 2 aromatic carbocycles. The maximum absolute atomic E-state index is 13.5. The first-order valence-electron chi connectivity index (χ1n) is 8.42. The van der Waals surface area contributed by atoms with E-state index in [1.54, 1.807) is 24.1 Å². The van der Waals surface area contributed by atoms with Gasteiger partial charge in [0.2, 0.25) is 5.91 Å². The van der Waals surface area contributed by atoms with Gasteiger partial charge in [-0.25, -0.2) is 4.39 Å². The van der Waals surface area contributed by atoms with E-state index in [2.05, 4.69) is 0 Å². The van der Waals surface area contributed by atoms with E-state index in [9.17, 15) is 14.3 Å². The first kappa shape index (κ1) is 17.4. The minimum Gasteiger partial charge on any atom is -0.497 e. The van der Waals surface area contributed by atoms with Crippen LogP contribution in [0.4, 0.5) is 4.39 Å². The lowest BCUT2D eigenvalue weighted by Crippen LogP contribution is -2.32. The summed E-state index contributed by atoms with van der Waals surface area (Å²) in [6, 6.07) is 13.6. The highest BCUT2D eigenvalue weighted by molar-refractivity contribution is 5.77. The molecule has 1 amide bonds. The molecule has 25 heavy (non-hydrogen) atoms. The highest BCUT2D eigenvalue weighted by Gasteiger charge is 2.35. The quantitative estimate of drug-likeness (QED) is 0.908. The lowest BCUT2D eigenvalue weighted by molar-refractivity contribution is -0.132. The number of aryl methyl sites for hydroxylation is 1. The third kappa shape index (κ3) is 4.17. The molecule has 0 radical (unpaired) electrons. The molecule has 1 saturated heterocycles. The van der Waals surface area contributed by atoms with E-state index >= 15 is 0 Å². The van der Waals surface area contributed by atoms with Gasteiger partial charge in [-0.3, -0.25) is 4.79 Å².